The normalized spacial score (nSPS) is 10.5. The third kappa shape index (κ3) is 7.12. The van der Waals surface area contributed by atoms with E-state index in [0.29, 0.717) is 33.8 Å². The van der Waals surface area contributed by atoms with Crippen LogP contribution in [0.25, 0.3) is 0 Å². The smallest absolute Gasteiger partial charge is 0.274 e. The van der Waals surface area contributed by atoms with Gasteiger partial charge in [0.15, 0.2) is 18.1 Å². The van der Waals surface area contributed by atoms with Crippen LogP contribution in [0.2, 0.25) is 0 Å². The minimum Gasteiger partial charge on any atom is -0.490 e. The number of para-hydroxylation sites is 1. The Bertz CT molecular complexity index is 1290. The predicted molar refractivity (Wildman–Crippen MR) is 132 cm³/mol. The number of benzene rings is 3. The summed E-state index contributed by atoms with van der Waals surface area (Å²) in [6.45, 7) is 1.91. The van der Waals surface area contributed by atoms with E-state index in [9.17, 15) is 14.0 Å². The van der Waals surface area contributed by atoms with Crippen LogP contribution < -0.4 is 20.2 Å². The minimum atomic E-state index is -0.825. The van der Waals surface area contributed by atoms with Crippen molar-refractivity contribution in [1.82, 2.24) is 5.43 Å². The Labute approximate surface area is 209 Å². The van der Waals surface area contributed by atoms with Gasteiger partial charge in [-0.05, 0) is 65.3 Å². The molecule has 0 spiro atoms. The van der Waals surface area contributed by atoms with Crippen molar-refractivity contribution < 1.29 is 23.5 Å². The van der Waals surface area contributed by atoms with Crippen LogP contribution in [0, 0.1) is 17.1 Å². The first-order chi connectivity index (χ1) is 16.9. The maximum atomic E-state index is 14.0. The fourth-order valence-electron chi connectivity index (χ4n) is 2.88. The van der Waals surface area contributed by atoms with Crippen molar-refractivity contribution in [3.05, 3.63) is 87.6 Å². The van der Waals surface area contributed by atoms with Crippen molar-refractivity contribution in [3.8, 4) is 17.6 Å². The van der Waals surface area contributed by atoms with Gasteiger partial charge in [0.2, 0.25) is 0 Å². The number of carbonyl (C=O) groups is 2. The number of anilines is 1. The molecule has 0 aliphatic rings. The van der Waals surface area contributed by atoms with Crippen molar-refractivity contribution in [2.75, 3.05) is 18.5 Å². The van der Waals surface area contributed by atoms with Gasteiger partial charge in [-0.2, -0.15) is 10.4 Å². The number of hydrazone groups is 1. The van der Waals surface area contributed by atoms with Crippen molar-refractivity contribution in [3.63, 3.8) is 0 Å². The highest BCUT2D eigenvalue weighted by molar-refractivity contribution is 9.10. The van der Waals surface area contributed by atoms with E-state index in [2.05, 4.69) is 31.8 Å². The van der Waals surface area contributed by atoms with Crippen LogP contribution in [0.3, 0.4) is 0 Å². The lowest BCUT2D eigenvalue weighted by atomic mass is 10.1. The molecule has 35 heavy (non-hydrogen) atoms. The number of nitrogens with zero attached hydrogens (tertiary/aromatic N) is 2. The maximum Gasteiger partial charge on any atom is 0.274 e. The summed E-state index contributed by atoms with van der Waals surface area (Å²) in [6.07, 6.45) is 1.35. The second kappa shape index (κ2) is 12.3. The van der Waals surface area contributed by atoms with E-state index in [1.54, 1.807) is 37.3 Å². The number of nitrogens with one attached hydrogen (secondary N) is 2. The van der Waals surface area contributed by atoms with Crippen LogP contribution in [0.5, 0.6) is 11.5 Å². The molecule has 3 aromatic rings. The van der Waals surface area contributed by atoms with Gasteiger partial charge in [0.1, 0.15) is 5.82 Å². The highest BCUT2D eigenvalue weighted by atomic mass is 79.9. The number of nitriles is 1. The van der Waals surface area contributed by atoms with E-state index >= 15 is 0 Å². The quantitative estimate of drug-likeness (QED) is 0.304. The summed E-state index contributed by atoms with van der Waals surface area (Å²) in [5.74, 6) is -1.22. The molecule has 0 saturated carbocycles. The Morgan fingerprint density at radius 2 is 1.86 bits per heavy atom. The summed E-state index contributed by atoms with van der Waals surface area (Å²) in [4.78, 5) is 24.4. The molecule has 0 aliphatic heterocycles. The number of carbonyl (C=O) groups excluding carboxylic acids is 2. The second-order valence-electron chi connectivity index (χ2n) is 6.96. The maximum absolute atomic E-state index is 14.0. The molecule has 0 heterocycles. The SMILES string of the molecule is CCOc1cc(/C=N\NC(=O)c2ccc(C#N)cc2F)c(Br)cc1OCC(=O)Nc1ccccc1. The van der Waals surface area contributed by atoms with E-state index in [1.807, 2.05) is 18.2 Å². The van der Waals surface area contributed by atoms with Crippen molar-refractivity contribution in [1.29, 1.82) is 5.26 Å². The van der Waals surface area contributed by atoms with E-state index in [0.717, 1.165) is 6.07 Å². The van der Waals surface area contributed by atoms with Gasteiger partial charge in [-0.3, -0.25) is 9.59 Å². The van der Waals surface area contributed by atoms with E-state index in [4.69, 9.17) is 14.7 Å². The lowest BCUT2D eigenvalue weighted by Crippen LogP contribution is -2.20. The monoisotopic (exact) mass is 538 g/mol. The van der Waals surface area contributed by atoms with Crippen LogP contribution in [0.1, 0.15) is 28.4 Å². The fraction of sp³-hybridized carbons (Fsp3) is 0.120. The number of rotatable bonds is 9. The summed E-state index contributed by atoms with van der Waals surface area (Å²) >= 11 is 3.40. The molecule has 0 aliphatic carbocycles. The molecule has 2 amide bonds. The van der Waals surface area contributed by atoms with Gasteiger partial charge in [-0.1, -0.05) is 18.2 Å². The third-order valence-electron chi connectivity index (χ3n) is 4.49. The lowest BCUT2D eigenvalue weighted by Gasteiger charge is -2.14. The molecule has 0 unspecified atom stereocenters. The Morgan fingerprint density at radius 1 is 1.11 bits per heavy atom. The average molecular weight is 539 g/mol. The van der Waals surface area contributed by atoms with Gasteiger partial charge in [-0.25, -0.2) is 9.82 Å². The zero-order chi connectivity index (χ0) is 25.2. The van der Waals surface area contributed by atoms with Crippen molar-refractivity contribution >= 4 is 39.6 Å². The minimum absolute atomic E-state index is 0.106. The Hall–Kier alpha value is -4.23. The molecule has 3 aromatic carbocycles. The van der Waals surface area contributed by atoms with Crippen LogP contribution in [-0.4, -0.2) is 31.2 Å². The molecule has 0 aromatic heterocycles. The molecule has 0 bridgehead atoms. The molecular formula is C25H20BrFN4O4. The molecular weight excluding hydrogens is 519 g/mol. The summed E-state index contributed by atoms with van der Waals surface area (Å²) in [5, 5.41) is 15.4. The zero-order valence-electron chi connectivity index (χ0n) is 18.5. The van der Waals surface area contributed by atoms with Crippen LogP contribution >= 0.6 is 15.9 Å². The first-order valence-corrected chi connectivity index (χ1v) is 11.2. The summed E-state index contributed by atoms with van der Waals surface area (Å²) < 4.78 is 25.8. The average Bonchev–Trinajstić information content (AvgIpc) is 2.85. The van der Waals surface area contributed by atoms with Gasteiger partial charge < -0.3 is 14.8 Å². The lowest BCUT2D eigenvalue weighted by molar-refractivity contribution is -0.118. The standard InChI is InChI=1S/C25H20BrFN4O4/c1-2-34-22-11-17(14-29-31-25(33)19-9-8-16(13-28)10-21(19)27)20(26)12-23(22)35-15-24(32)30-18-6-4-3-5-7-18/h3-12,14H,2,15H2,1H3,(H,30,32)(H,31,33)/b29-14-. The van der Waals surface area contributed by atoms with Crippen LogP contribution in [-0.2, 0) is 4.79 Å². The van der Waals surface area contributed by atoms with E-state index in [-0.39, 0.29) is 23.6 Å². The third-order valence-corrected chi connectivity index (χ3v) is 5.18. The first kappa shape index (κ1) is 25.4. The highest BCUT2D eigenvalue weighted by Crippen LogP contribution is 2.33. The number of halogens is 2. The fourth-order valence-corrected chi connectivity index (χ4v) is 3.31. The van der Waals surface area contributed by atoms with Crippen LogP contribution in [0.15, 0.2) is 70.2 Å². The number of hydrogen-bond donors (Lipinski definition) is 2. The molecule has 3 rings (SSSR count). The van der Waals surface area contributed by atoms with Gasteiger partial charge in [-0.15, -0.1) is 0 Å². The number of hydrogen-bond acceptors (Lipinski definition) is 6. The van der Waals surface area contributed by atoms with Gasteiger partial charge in [0.05, 0.1) is 30.0 Å². The highest BCUT2D eigenvalue weighted by Gasteiger charge is 2.14. The molecule has 0 saturated heterocycles. The summed E-state index contributed by atoms with van der Waals surface area (Å²) in [7, 11) is 0. The Morgan fingerprint density at radius 3 is 2.54 bits per heavy atom. The predicted octanol–water partition coefficient (Wildman–Crippen LogP) is 4.64. The van der Waals surface area contributed by atoms with Crippen molar-refractivity contribution in [2.24, 2.45) is 5.10 Å². The Kier molecular flexibility index (Phi) is 8.92. The molecule has 2 N–H and O–H groups in total. The molecule has 178 valence electrons. The molecule has 0 radical (unpaired) electrons. The molecule has 8 nitrogen and oxygen atoms in total. The van der Waals surface area contributed by atoms with Gasteiger partial charge in [0.25, 0.3) is 11.8 Å². The van der Waals surface area contributed by atoms with E-state index in [1.165, 1.54) is 18.3 Å². The number of ether oxygens (including phenoxy) is 2. The topological polar surface area (TPSA) is 113 Å². The Balaban J connectivity index is 1.67. The zero-order valence-corrected chi connectivity index (χ0v) is 20.1. The van der Waals surface area contributed by atoms with Crippen molar-refractivity contribution in [2.45, 2.75) is 6.92 Å². The molecule has 10 heteroatoms. The van der Waals surface area contributed by atoms with Gasteiger partial charge in [0, 0.05) is 15.7 Å². The number of amides is 2. The largest absolute Gasteiger partial charge is 0.490 e. The first-order valence-electron chi connectivity index (χ1n) is 10.4. The van der Waals surface area contributed by atoms with Crippen LogP contribution in [0.4, 0.5) is 10.1 Å². The van der Waals surface area contributed by atoms with E-state index < -0.39 is 11.7 Å². The summed E-state index contributed by atoms with van der Waals surface area (Å²) in [6, 6.07) is 17.6. The second-order valence-corrected chi connectivity index (χ2v) is 7.82. The summed E-state index contributed by atoms with van der Waals surface area (Å²) in [5.41, 5.74) is 3.30. The molecule has 0 fully saturated rings. The molecule has 0 atom stereocenters. The van der Waals surface area contributed by atoms with Gasteiger partial charge >= 0.3 is 0 Å².